The van der Waals surface area contributed by atoms with E-state index >= 15 is 0 Å². The first-order chi connectivity index (χ1) is 13.5. The fraction of sp³-hybridized carbons (Fsp3) is 0.300. The minimum atomic E-state index is -0.718. The minimum absolute atomic E-state index is 0.260. The Balaban J connectivity index is 1.82. The number of hydrogen-bond donors (Lipinski definition) is 2. The van der Waals surface area contributed by atoms with Crippen LogP contribution in [0.5, 0.6) is 5.75 Å². The highest BCUT2D eigenvalue weighted by atomic mass is 16.5. The van der Waals surface area contributed by atoms with Crippen LogP contribution in [0, 0.1) is 6.92 Å². The summed E-state index contributed by atoms with van der Waals surface area (Å²) in [6.07, 6.45) is 0.830. The molecule has 2 heterocycles. The number of carbonyl (C=O) groups is 1. The molecule has 0 fully saturated rings. The van der Waals surface area contributed by atoms with E-state index in [-0.39, 0.29) is 17.4 Å². The molecule has 3 aromatic rings. The second-order valence-corrected chi connectivity index (χ2v) is 6.46. The van der Waals surface area contributed by atoms with E-state index in [1.807, 2.05) is 25.1 Å². The first-order valence-electron chi connectivity index (χ1n) is 9.16. The van der Waals surface area contributed by atoms with Crippen molar-refractivity contribution in [3.8, 4) is 11.7 Å². The number of para-hydroxylation sites is 1. The third kappa shape index (κ3) is 4.64. The first-order valence-corrected chi connectivity index (χ1v) is 9.16. The monoisotopic (exact) mass is 381 g/mol. The van der Waals surface area contributed by atoms with Crippen LogP contribution in [0.3, 0.4) is 0 Å². The molecule has 28 heavy (non-hydrogen) atoms. The van der Waals surface area contributed by atoms with Crippen molar-refractivity contribution in [2.75, 3.05) is 5.32 Å². The molecule has 8 nitrogen and oxygen atoms in total. The second-order valence-electron chi connectivity index (χ2n) is 6.46. The van der Waals surface area contributed by atoms with Gasteiger partial charge in [0.05, 0.1) is 5.69 Å². The van der Waals surface area contributed by atoms with Crippen LogP contribution < -0.4 is 15.6 Å². The molecule has 0 saturated heterocycles. The van der Waals surface area contributed by atoms with Gasteiger partial charge in [0.1, 0.15) is 11.6 Å². The van der Waals surface area contributed by atoms with E-state index in [4.69, 9.17) is 4.74 Å². The molecule has 0 unspecified atom stereocenters. The fourth-order valence-electron chi connectivity index (χ4n) is 2.71. The van der Waals surface area contributed by atoms with E-state index in [9.17, 15) is 9.59 Å². The summed E-state index contributed by atoms with van der Waals surface area (Å²) < 4.78 is 7.08. The van der Waals surface area contributed by atoms with Gasteiger partial charge in [-0.3, -0.25) is 14.6 Å². The lowest BCUT2D eigenvalue weighted by atomic mass is 10.2. The predicted octanol–water partition coefficient (Wildman–Crippen LogP) is 2.62. The molecule has 0 aliphatic rings. The Hall–Kier alpha value is -3.42. The third-order valence-electron chi connectivity index (χ3n) is 4.00. The lowest BCUT2D eigenvalue weighted by Gasteiger charge is -2.15. The largest absolute Gasteiger partial charge is 0.481 e. The molecule has 1 aromatic carbocycles. The number of aromatic amines is 1. The molecule has 0 bridgehead atoms. The van der Waals surface area contributed by atoms with Gasteiger partial charge in [-0.2, -0.15) is 9.78 Å². The average Bonchev–Trinajstić information content (AvgIpc) is 3.02. The zero-order valence-electron chi connectivity index (χ0n) is 16.1. The minimum Gasteiger partial charge on any atom is -0.481 e. The Labute approximate surface area is 162 Å². The highest BCUT2D eigenvalue weighted by molar-refractivity contribution is 5.93. The van der Waals surface area contributed by atoms with Gasteiger partial charge in [0.2, 0.25) is 5.95 Å². The summed E-state index contributed by atoms with van der Waals surface area (Å²) in [7, 11) is 0. The number of rotatable bonds is 7. The fourth-order valence-corrected chi connectivity index (χ4v) is 2.71. The summed E-state index contributed by atoms with van der Waals surface area (Å²) in [4.78, 5) is 31.7. The van der Waals surface area contributed by atoms with Gasteiger partial charge in [0, 0.05) is 17.8 Å². The molecule has 0 saturated carbocycles. The van der Waals surface area contributed by atoms with Crippen LogP contribution in [0.1, 0.15) is 31.7 Å². The number of aromatic nitrogens is 4. The maximum absolute atomic E-state index is 12.6. The van der Waals surface area contributed by atoms with Gasteiger partial charge < -0.3 is 10.1 Å². The predicted molar refractivity (Wildman–Crippen MR) is 106 cm³/mol. The molecule has 2 aromatic heterocycles. The molecule has 0 spiro atoms. The van der Waals surface area contributed by atoms with Gasteiger partial charge in [-0.15, -0.1) is 0 Å². The summed E-state index contributed by atoms with van der Waals surface area (Å²) in [6.45, 7) is 5.47. The number of aryl methyl sites for hydroxylation is 2. The number of H-pyrrole nitrogens is 1. The number of ether oxygens (including phenoxy) is 1. The summed E-state index contributed by atoms with van der Waals surface area (Å²) in [5, 5.41) is 7.14. The van der Waals surface area contributed by atoms with Crippen molar-refractivity contribution in [1.29, 1.82) is 0 Å². The zero-order valence-corrected chi connectivity index (χ0v) is 16.1. The normalized spacial score (nSPS) is 11.8. The van der Waals surface area contributed by atoms with Crippen LogP contribution in [0.4, 0.5) is 5.82 Å². The second kappa shape index (κ2) is 8.51. The molecule has 146 valence electrons. The molecule has 1 amide bonds. The lowest BCUT2D eigenvalue weighted by Crippen LogP contribution is -2.31. The van der Waals surface area contributed by atoms with Gasteiger partial charge >= 0.3 is 0 Å². The average molecular weight is 381 g/mol. The molecule has 2 N–H and O–H groups in total. The Kier molecular flexibility index (Phi) is 5.88. The standard InChI is InChI=1S/C20H23N5O3/c1-4-8-15-12-18(26)23-20(21-15)25-17(11-13(2)24-25)22-19(27)14(3)28-16-9-6-5-7-10-16/h5-7,9-12,14H,4,8H2,1-3H3,(H,22,27)(H,21,23,26)/t14-/m1/s1. The Morgan fingerprint density at radius 3 is 2.75 bits per heavy atom. The molecule has 0 aliphatic carbocycles. The van der Waals surface area contributed by atoms with E-state index in [0.717, 1.165) is 6.42 Å². The first kappa shape index (κ1) is 19.3. The molecule has 1 atom stereocenters. The molecular weight excluding hydrogens is 358 g/mol. The van der Waals surface area contributed by atoms with E-state index < -0.39 is 6.10 Å². The van der Waals surface area contributed by atoms with E-state index in [1.165, 1.54) is 10.7 Å². The molecule has 3 rings (SSSR count). The van der Waals surface area contributed by atoms with Crippen molar-refractivity contribution in [1.82, 2.24) is 19.7 Å². The van der Waals surface area contributed by atoms with Gasteiger partial charge in [0.25, 0.3) is 11.5 Å². The van der Waals surface area contributed by atoms with Crippen LogP contribution in [-0.2, 0) is 11.2 Å². The number of nitrogens with zero attached hydrogens (tertiary/aromatic N) is 3. The summed E-state index contributed by atoms with van der Waals surface area (Å²) in [6, 6.07) is 12.3. The Morgan fingerprint density at radius 2 is 2.04 bits per heavy atom. The molecule has 0 aliphatic heterocycles. The van der Waals surface area contributed by atoms with Crippen molar-refractivity contribution >= 4 is 11.7 Å². The maximum atomic E-state index is 12.6. The summed E-state index contributed by atoms with van der Waals surface area (Å²) in [5.74, 6) is 0.934. The number of hydrogen-bond acceptors (Lipinski definition) is 5. The molecule has 0 radical (unpaired) electrons. The third-order valence-corrected chi connectivity index (χ3v) is 4.00. The highest BCUT2D eigenvalue weighted by Crippen LogP contribution is 2.16. The van der Waals surface area contributed by atoms with Crippen molar-refractivity contribution < 1.29 is 9.53 Å². The highest BCUT2D eigenvalue weighted by Gasteiger charge is 2.19. The maximum Gasteiger partial charge on any atom is 0.266 e. The van der Waals surface area contributed by atoms with Gasteiger partial charge in [-0.1, -0.05) is 31.5 Å². The Morgan fingerprint density at radius 1 is 1.29 bits per heavy atom. The van der Waals surface area contributed by atoms with Gasteiger partial charge in [0.15, 0.2) is 6.10 Å². The van der Waals surface area contributed by atoms with Crippen LogP contribution in [0.15, 0.2) is 47.3 Å². The van der Waals surface area contributed by atoms with Crippen molar-refractivity contribution in [2.45, 2.75) is 39.7 Å². The topological polar surface area (TPSA) is 102 Å². The van der Waals surface area contributed by atoms with E-state index in [2.05, 4.69) is 20.4 Å². The van der Waals surface area contributed by atoms with Gasteiger partial charge in [-0.25, -0.2) is 4.98 Å². The van der Waals surface area contributed by atoms with Crippen molar-refractivity contribution in [3.63, 3.8) is 0 Å². The number of carbonyl (C=O) groups excluding carboxylic acids is 1. The number of anilines is 1. The summed E-state index contributed by atoms with van der Waals surface area (Å²) >= 11 is 0. The smallest absolute Gasteiger partial charge is 0.266 e. The van der Waals surface area contributed by atoms with Crippen molar-refractivity contribution in [2.24, 2.45) is 0 Å². The quantitative estimate of drug-likeness (QED) is 0.655. The Bertz CT molecular complexity index is 1010. The lowest BCUT2D eigenvalue weighted by molar-refractivity contribution is -0.122. The summed E-state index contributed by atoms with van der Waals surface area (Å²) in [5.41, 5.74) is 1.09. The van der Waals surface area contributed by atoms with Crippen LogP contribution >= 0.6 is 0 Å². The van der Waals surface area contributed by atoms with E-state index in [1.54, 1.807) is 32.0 Å². The molecular formula is C20H23N5O3. The van der Waals surface area contributed by atoms with E-state index in [0.29, 0.717) is 29.4 Å². The van der Waals surface area contributed by atoms with Gasteiger partial charge in [-0.05, 0) is 32.4 Å². The number of benzene rings is 1. The van der Waals surface area contributed by atoms with Crippen molar-refractivity contribution in [3.05, 3.63) is 64.2 Å². The van der Waals surface area contributed by atoms with Crippen LogP contribution in [0.2, 0.25) is 0 Å². The van der Waals surface area contributed by atoms with Crippen LogP contribution in [-0.4, -0.2) is 31.8 Å². The SMILES string of the molecule is CCCc1cc(=O)[nH]c(-n2nc(C)cc2NC(=O)[C@@H](C)Oc2ccccc2)n1. The number of nitrogens with one attached hydrogen (secondary N) is 2. The molecule has 8 heteroatoms. The van der Waals surface area contributed by atoms with Crippen LogP contribution in [0.25, 0.3) is 5.95 Å². The number of amides is 1. The zero-order chi connectivity index (χ0) is 20.1.